The van der Waals surface area contributed by atoms with Gasteiger partial charge in [0.2, 0.25) is 0 Å². The fourth-order valence-corrected chi connectivity index (χ4v) is 4.55. The number of amides is 2. The van der Waals surface area contributed by atoms with Crippen LogP contribution in [0.15, 0.2) is 85.6 Å². The first kappa shape index (κ1) is 33.3. The molecule has 2 amide bonds. The van der Waals surface area contributed by atoms with E-state index in [1.54, 1.807) is 27.0 Å². The van der Waals surface area contributed by atoms with Crippen LogP contribution in [0.5, 0.6) is 0 Å². The van der Waals surface area contributed by atoms with Gasteiger partial charge in [-0.2, -0.15) is 0 Å². The van der Waals surface area contributed by atoms with Crippen LogP contribution in [0.2, 0.25) is 0 Å². The number of carbonyl (C=O) groups is 2. The van der Waals surface area contributed by atoms with Crippen molar-refractivity contribution in [2.45, 2.75) is 84.3 Å². The molecule has 0 aliphatic rings. The zero-order valence-electron chi connectivity index (χ0n) is 26.0. The molecule has 3 rings (SSSR count). The number of aliphatic hydroxyl groups excluding tert-OH is 1. The largest absolute Gasteiger partial charge is 0.445 e. The molecule has 0 saturated carbocycles. The molecule has 0 bridgehead atoms. The van der Waals surface area contributed by atoms with E-state index in [0.29, 0.717) is 18.5 Å². The third-order valence-electron chi connectivity index (χ3n) is 6.72. The lowest BCUT2D eigenvalue weighted by Gasteiger charge is -2.30. The van der Waals surface area contributed by atoms with Crippen LogP contribution in [0.4, 0.5) is 9.59 Å². The first-order valence-corrected chi connectivity index (χ1v) is 14.7. The van der Waals surface area contributed by atoms with Crippen LogP contribution in [0, 0.1) is 0 Å². The molecule has 43 heavy (non-hydrogen) atoms. The van der Waals surface area contributed by atoms with Crippen LogP contribution in [-0.4, -0.2) is 51.5 Å². The highest BCUT2D eigenvalue weighted by Crippen LogP contribution is 2.18. The lowest BCUT2D eigenvalue weighted by atomic mass is 9.98. The van der Waals surface area contributed by atoms with E-state index < -0.39 is 29.9 Å². The molecule has 0 aliphatic carbocycles. The van der Waals surface area contributed by atoms with Crippen LogP contribution in [0.3, 0.4) is 0 Å². The van der Waals surface area contributed by atoms with E-state index in [9.17, 15) is 14.7 Å². The number of benzene rings is 2. The molecular weight excluding hydrogens is 542 g/mol. The van der Waals surface area contributed by atoms with E-state index in [-0.39, 0.29) is 25.6 Å². The molecule has 8 nitrogen and oxygen atoms in total. The summed E-state index contributed by atoms with van der Waals surface area (Å²) < 4.78 is 11.2. The fraction of sp³-hybridized carbons (Fsp3) is 0.400. The SMILES string of the molecule is C=CCc1cccc(C[C@H](NC(=O)OC(C)(C)C)[C@@H](O)CN(Cc2cc(C(C)C)ccn2)C(=O)OCc2ccccc2)c1. The fourth-order valence-electron chi connectivity index (χ4n) is 4.55. The minimum Gasteiger partial charge on any atom is -0.445 e. The highest BCUT2D eigenvalue weighted by Gasteiger charge is 2.29. The van der Waals surface area contributed by atoms with E-state index in [2.05, 4.69) is 30.7 Å². The molecule has 0 saturated heterocycles. The Bertz CT molecular complexity index is 1340. The van der Waals surface area contributed by atoms with E-state index >= 15 is 0 Å². The first-order valence-electron chi connectivity index (χ1n) is 14.7. The van der Waals surface area contributed by atoms with Gasteiger partial charge in [0.25, 0.3) is 0 Å². The maximum atomic E-state index is 13.4. The molecular formula is C35H45N3O5. The van der Waals surface area contributed by atoms with Gasteiger partial charge in [-0.3, -0.25) is 9.88 Å². The maximum absolute atomic E-state index is 13.4. The van der Waals surface area contributed by atoms with Gasteiger partial charge in [0.15, 0.2) is 0 Å². The Morgan fingerprint density at radius 2 is 1.72 bits per heavy atom. The normalized spacial score (nSPS) is 12.7. The van der Waals surface area contributed by atoms with Gasteiger partial charge in [-0.1, -0.05) is 74.5 Å². The van der Waals surface area contributed by atoms with Crippen molar-refractivity contribution in [3.8, 4) is 0 Å². The second-order valence-corrected chi connectivity index (χ2v) is 12.0. The summed E-state index contributed by atoms with van der Waals surface area (Å²) in [5.41, 5.74) is 3.88. The number of rotatable bonds is 13. The zero-order valence-corrected chi connectivity index (χ0v) is 26.0. The summed E-state index contributed by atoms with van der Waals surface area (Å²) >= 11 is 0. The number of carbonyl (C=O) groups excluding carboxylic acids is 2. The summed E-state index contributed by atoms with van der Waals surface area (Å²) in [6.07, 6.45) is 2.17. The summed E-state index contributed by atoms with van der Waals surface area (Å²) in [5.74, 6) is 0.282. The Labute approximate surface area is 255 Å². The molecule has 3 aromatic rings. The van der Waals surface area contributed by atoms with Crippen molar-refractivity contribution < 1.29 is 24.2 Å². The van der Waals surface area contributed by atoms with Crippen molar-refractivity contribution in [2.24, 2.45) is 0 Å². The summed E-state index contributed by atoms with van der Waals surface area (Å²) in [5, 5.41) is 14.4. The molecule has 2 aromatic carbocycles. The van der Waals surface area contributed by atoms with Crippen LogP contribution in [0.25, 0.3) is 0 Å². The second-order valence-electron chi connectivity index (χ2n) is 12.0. The maximum Gasteiger partial charge on any atom is 0.410 e. The Morgan fingerprint density at radius 1 is 1.02 bits per heavy atom. The second kappa shape index (κ2) is 15.9. The number of ether oxygens (including phenoxy) is 2. The van der Waals surface area contributed by atoms with Crippen molar-refractivity contribution in [2.75, 3.05) is 6.54 Å². The summed E-state index contributed by atoms with van der Waals surface area (Å²) in [6, 6.07) is 20.4. The third-order valence-corrected chi connectivity index (χ3v) is 6.72. The van der Waals surface area contributed by atoms with E-state index in [4.69, 9.17) is 9.47 Å². The molecule has 0 spiro atoms. The highest BCUT2D eigenvalue weighted by molar-refractivity contribution is 5.69. The number of hydrogen-bond donors (Lipinski definition) is 2. The predicted molar refractivity (Wildman–Crippen MR) is 169 cm³/mol. The van der Waals surface area contributed by atoms with Gasteiger partial charge in [0.1, 0.15) is 12.2 Å². The number of nitrogens with one attached hydrogen (secondary N) is 1. The first-order chi connectivity index (χ1) is 20.4. The van der Waals surface area contributed by atoms with Crippen molar-refractivity contribution >= 4 is 12.2 Å². The Balaban J connectivity index is 1.86. The number of nitrogens with zero attached hydrogens (tertiary/aromatic N) is 2. The monoisotopic (exact) mass is 587 g/mol. The van der Waals surface area contributed by atoms with Gasteiger partial charge in [-0.05, 0) is 73.9 Å². The van der Waals surface area contributed by atoms with Crippen molar-refractivity contribution in [1.29, 1.82) is 0 Å². The Hall–Kier alpha value is -4.17. The lowest BCUT2D eigenvalue weighted by molar-refractivity contribution is 0.0326. The minimum absolute atomic E-state index is 0.0847. The van der Waals surface area contributed by atoms with Crippen LogP contribution < -0.4 is 5.32 Å². The third kappa shape index (κ3) is 11.6. The molecule has 0 aliphatic heterocycles. The van der Waals surface area contributed by atoms with Gasteiger partial charge in [-0.15, -0.1) is 6.58 Å². The summed E-state index contributed by atoms with van der Waals surface area (Å²) in [6.45, 7) is 13.4. The van der Waals surface area contributed by atoms with Crippen LogP contribution in [-0.2, 0) is 35.5 Å². The van der Waals surface area contributed by atoms with Crippen LogP contribution >= 0.6 is 0 Å². The number of pyridine rings is 1. The topological polar surface area (TPSA) is 101 Å². The van der Waals surface area contributed by atoms with E-state index in [1.165, 1.54) is 4.90 Å². The van der Waals surface area contributed by atoms with E-state index in [1.807, 2.05) is 72.8 Å². The number of hydrogen-bond acceptors (Lipinski definition) is 6. The summed E-state index contributed by atoms with van der Waals surface area (Å²) in [7, 11) is 0. The van der Waals surface area contributed by atoms with Gasteiger partial charge in [0, 0.05) is 6.20 Å². The van der Waals surface area contributed by atoms with E-state index in [0.717, 1.165) is 22.3 Å². The smallest absolute Gasteiger partial charge is 0.410 e. The molecule has 0 unspecified atom stereocenters. The molecule has 0 fully saturated rings. The number of allylic oxidation sites excluding steroid dienone is 1. The average Bonchev–Trinajstić information content (AvgIpc) is 2.95. The van der Waals surface area contributed by atoms with Gasteiger partial charge in [0.05, 0.1) is 30.9 Å². The molecule has 230 valence electrons. The molecule has 2 atom stereocenters. The number of aliphatic hydroxyl groups is 1. The van der Waals surface area contributed by atoms with Gasteiger partial charge >= 0.3 is 12.2 Å². The molecule has 1 heterocycles. The number of alkyl carbamates (subject to hydrolysis) is 1. The summed E-state index contributed by atoms with van der Waals surface area (Å²) in [4.78, 5) is 32.2. The molecule has 2 N–H and O–H groups in total. The van der Waals surface area contributed by atoms with Gasteiger partial charge in [-0.25, -0.2) is 9.59 Å². The molecule has 8 heteroatoms. The average molecular weight is 588 g/mol. The number of aromatic nitrogens is 1. The van der Waals surface area contributed by atoms with Crippen LogP contribution in [0.1, 0.15) is 68.5 Å². The van der Waals surface area contributed by atoms with Gasteiger partial charge < -0.3 is 19.9 Å². The van der Waals surface area contributed by atoms with Crippen molar-refractivity contribution in [1.82, 2.24) is 15.2 Å². The van der Waals surface area contributed by atoms with Crippen molar-refractivity contribution in [3.05, 3.63) is 114 Å². The standard InChI is InChI=1S/C35H45N3O5/c1-7-12-26-15-11-16-28(19-26)20-31(37-33(40)43-35(4,5)6)32(39)23-38(22-30-21-29(25(2)3)17-18-36-30)34(41)42-24-27-13-9-8-10-14-27/h7-11,13-19,21,25,31-32,39H,1,12,20,22-24H2,2-6H3,(H,37,40)/t31-,32-/m0/s1. The quantitative estimate of drug-likeness (QED) is 0.220. The van der Waals surface area contributed by atoms with Crippen molar-refractivity contribution in [3.63, 3.8) is 0 Å². The predicted octanol–water partition coefficient (Wildman–Crippen LogP) is 6.57. The Morgan fingerprint density at radius 3 is 2.40 bits per heavy atom. The highest BCUT2D eigenvalue weighted by atomic mass is 16.6. The minimum atomic E-state index is -1.15. The molecule has 0 radical (unpaired) electrons. The Kier molecular flexibility index (Phi) is 12.3. The molecule has 1 aromatic heterocycles. The lowest BCUT2D eigenvalue weighted by Crippen LogP contribution is -2.51. The zero-order chi connectivity index (χ0) is 31.4.